The molecule has 2 aromatic rings. The van der Waals surface area contributed by atoms with E-state index in [1.54, 1.807) is 18.1 Å². The van der Waals surface area contributed by atoms with Crippen LogP contribution in [0, 0.1) is 6.92 Å². The summed E-state index contributed by atoms with van der Waals surface area (Å²) in [6, 6.07) is 0.217. The second-order valence-corrected chi connectivity index (χ2v) is 8.06. The van der Waals surface area contributed by atoms with E-state index in [2.05, 4.69) is 11.2 Å². The molecule has 2 atom stereocenters. The minimum Gasteiger partial charge on any atom is -0.338 e. The molecule has 0 radical (unpaired) electrons. The van der Waals surface area contributed by atoms with Crippen LogP contribution in [0.1, 0.15) is 34.5 Å². The molecule has 0 unspecified atom stereocenters. The molecule has 0 bridgehead atoms. The third kappa shape index (κ3) is 2.67. The van der Waals surface area contributed by atoms with Crippen LogP contribution in [0.3, 0.4) is 0 Å². The first-order valence-corrected chi connectivity index (χ1v) is 9.39. The molecule has 2 aromatic heterocycles. The summed E-state index contributed by atoms with van der Waals surface area (Å²) in [5.74, 6) is -0.220. The van der Waals surface area contributed by atoms with Gasteiger partial charge in [-0.3, -0.25) is 14.0 Å². The first kappa shape index (κ1) is 15.6. The Morgan fingerprint density at radius 1 is 1.50 bits per heavy atom. The molecule has 0 aromatic carbocycles. The van der Waals surface area contributed by atoms with Crippen LogP contribution in [0.15, 0.2) is 17.2 Å². The van der Waals surface area contributed by atoms with Gasteiger partial charge >= 0.3 is 0 Å². The number of aromatic nitrogens is 2. The summed E-state index contributed by atoms with van der Waals surface area (Å²) < 4.78 is 1.47. The van der Waals surface area contributed by atoms with E-state index in [4.69, 9.17) is 0 Å². The Kier molecular flexibility index (Phi) is 4.27. The maximum atomic E-state index is 12.7. The molecular formula is C15H19N3O2S2. The molecule has 1 saturated carbocycles. The van der Waals surface area contributed by atoms with Gasteiger partial charge in [-0.15, -0.1) is 11.3 Å². The van der Waals surface area contributed by atoms with Crippen molar-refractivity contribution in [2.45, 2.75) is 37.5 Å². The molecule has 2 heterocycles. The van der Waals surface area contributed by atoms with Gasteiger partial charge in [-0.25, -0.2) is 4.98 Å². The number of hydrogen-bond donors (Lipinski definition) is 0. The third-order valence-corrected chi connectivity index (χ3v) is 6.32. The van der Waals surface area contributed by atoms with E-state index >= 15 is 0 Å². The Morgan fingerprint density at radius 3 is 2.95 bits per heavy atom. The van der Waals surface area contributed by atoms with Crippen LogP contribution < -0.4 is 5.56 Å². The molecular weight excluding hydrogens is 318 g/mol. The number of carbonyl (C=O) groups excluding carboxylic acids is 1. The van der Waals surface area contributed by atoms with Crippen LogP contribution in [0.4, 0.5) is 0 Å². The maximum Gasteiger partial charge on any atom is 0.271 e. The summed E-state index contributed by atoms with van der Waals surface area (Å²) in [5.41, 5.74) is -0.115. The Hall–Kier alpha value is -1.34. The highest BCUT2D eigenvalue weighted by molar-refractivity contribution is 7.99. The quantitative estimate of drug-likeness (QED) is 0.863. The lowest BCUT2D eigenvalue weighted by molar-refractivity contribution is 0.0733. The van der Waals surface area contributed by atoms with Gasteiger partial charge in [-0.1, -0.05) is 0 Å². The molecule has 7 heteroatoms. The predicted octanol–water partition coefficient (Wildman–Crippen LogP) is 2.42. The van der Waals surface area contributed by atoms with E-state index in [1.807, 2.05) is 18.7 Å². The van der Waals surface area contributed by atoms with Crippen LogP contribution in [-0.2, 0) is 0 Å². The van der Waals surface area contributed by atoms with Gasteiger partial charge in [0.15, 0.2) is 4.96 Å². The molecule has 1 aliphatic rings. The molecule has 3 rings (SSSR count). The van der Waals surface area contributed by atoms with Crippen molar-refractivity contribution in [3.8, 4) is 0 Å². The normalized spacial score (nSPS) is 21.4. The fourth-order valence-corrected chi connectivity index (χ4v) is 4.55. The molecule has 1 amide bonds. The van der Waals surface area contributed by atoms with Crippen LogP contribution in [0.25, 0.3) is 4.96 Å². The van der Waals surface area contributed by atoms with E-state index in [0.717, 1.165) is 24.1 Å². The highest BCUT2D eigenvalue weighted by Crippen LogP contribution is 2.31. The number of rotatable bonds is 3. The Balaban J connectivity index is 1.89. The first-order valence-electron chi connectivity index (χ1n) is 7.29. The number of hydrogen-bond acceptors (Lipinski definition) is 5. The van der Waals surface area contributed by atoms with Crippen molar-refractivity contribution in [1.29, 1.82) is 0 Å². The van der Waals surface area contributed by atoms with Crippen LogP contribution in [0.2, 0.25) is 0 Å². The Morgan fingerprint density at radius 2 is 2.27 bits per heavy atom. The van der Waals surface area contributed by atoms with Gasteiger partial charge in [0.05, 0.1) is 0 Å². The molecule has 22 heavy (non-hydrogen) atoms. The molecule has 0 spiro atoms. The van der Waals surface area contributed by atoms with Crippen molar-refractivity contribution in [1.82, 2.24) is 14.3 Å². The maximum absolute atomic E-state index is 12.7. The second-order valence-electron chi connectivity index (χ2n) is 5.71. The van der Waals surface area contributed by atoms with E-state index < -0.39 is 0 Å². The van der Waals surface area contributed by atoms with E-state index in [-0.39, 0.29) is 23.1 Å². The minimum atomic E-state index is -0.273. The molecule has 5 nitrogen and oxygen atoms in total. The summed E-state index contributed by atoms with van der Waals surface area (Å²) in [6.07, 6.45) is 8.40. The zero-order valence-electron chi connectivity index (χ0n) is 12.9. The van der Waals surface area contributed by atoms with Gasteiger partial charge in [0.1, 0.15) is 5.56 Å². The fraction of sp³-hybridized carbons (Fsp3) is 0.533. The number of carbonyl (C=O) groups is 1. The number of amides is 1. The lowest BCUT2D eigenvalue weighted by Gasteiger charge is -2.24. The molecule has 0 N–H and O–H groups in total. The molecule has 1 aliphatic carbocycles. The van der Waals surface area contributed by atoms with Crippen molar-refractivity contribution in [3.05, 3.63) is 33.2 Å². The second kappa shape index (κ2) is 6.04. The monoisotopic (exact) mass is 337 g/mol. The SMILES string of the molecule is CS[C@H]1CC[C@@H](N(C)C(=O)c2cnc3sc(C)cn3c2=O)C1. The van der Waals surface area contributed by atoms with Gasteiger partial charge in [-0.2, -0.15) is 11.8 Å². The Labute approximate surface area is 137 Å². The summed E-state index contributed by atoms with van der Waals surface area (Å²) in [7, 11) is 1.79. The van der Waals surface area contributed by atoms with Crippen LogP contribution in [0.5, 0.6) is 0 Å². The van der Waals surface area contributed by atoms with E-state index in [9.17, 15) is 9.59 Å². The van der Waals surface area contributed by atoms with E-state index in [1.165, 1.54) is 21.9 Å². The lowest BCUT2D eigenvalue weighted by atomic mass is 10.2. The third-order valence-electron chi connectivity index (χ3n) is 4.31. The zero-order valence-corrected chi connectivity index (χ0v) is 14.5. The van der Waals surface area contributed by atoms with Gasteiger partial charge in [0, 0.05) is 35.6 Å². The summed E-state index contributed by atoms with van der Waals surface area (Å²) in [4.78, 5) is 32.8. The average Bonchev–Trinajstić information content (AvgIpc) is 3.12. The topological polar surface area (TPSA) is 54.7 Å². The van der Waals surface area contributed by atoms with Crippen molar-refractivity contribution in [3.63, 3.8) is 0 Å². The van der Waals surface area contributed by atoms with Gasteiger partial charge in [0.2, 0.25) is 0 Å². The number of thiazole rings is 1. The number of thioether (sulfide) groups is 1. The standard InChI is InChI=1S/C15H19N3O2S2/c1-9-8-18-14(20)12(7-16-15(18)22-9)13(19)17(2)10-4-5-11(6-10)21-3/h7-8,10-11H,4-6H2,1-3H3/t10-,11+/m1/s1. The van der Waals surface area contributed by atoms with Crippen molar-refractivity contribution in [2.24, 2.45) is 0 Å². The number of nitrogens with zero attached hydrogens (tertiary/aromatic N) is 3. The fourth-order valence-electron chi connectivity index (χ4n) is 2.98. The molecule has 1 fully saturated rings. The van der Waals surface area contributed by atoms with Crippen molar-refractivity contribution >= 4 is 34.0 Å². The highest BCUT2D eigenvalue weighted by Gasteiger charge is 2.31. The predicted molar refractivity (Wildman–Crippen MR) is 91.1 cm³/mol. The van der Waals surface area contributed by atoms with E-state index in [0.29, 0.717) is 10.2 Å². The van der Waals surface area contributed by atoms with Gasteiger partial charge in [-0.05, 0) is 32.4 Å². The highest BCUT2D eigenvalue weighted by atomic mass is 32.2. The molecule has 0 saturated heterocycles. The molecule has 118 valence electrons. The van der Waals surface area contributed by atoms with Crippen LogP contribution >= 0.6 is 23.1 Å². The number of aryl methyl sites for hydroxylation is 1. The van der Waals surface area contributed by atoms with Crippen molar-refractivity contribution < 1.29 is 4.79 Å². The zero-order chi connectivity index (χ0) is 15.9. The number of fused-ring (bicyclic) bond motifs is 1. The minimum absolute atomic E-state index is 0.158. The largest absolute Gasteiger partial charge is 0.338 e. The average molecular weight is 337 g/mol. The Bertz CT molecular complexity index is 768. The first-order chi connectivity index (χ1) is 10.5. The lowest BCUT2D eigenvalue weighted by Crippen LogP contribution is -2.39. The van der Waals surface area contributed by atoms with Crippen molar-refractivity contribution in [2.75, 3.05) is 13.3 Å². The summed E-state index contributed by atoms with van der Waals surface area (Å²) >= 11 is 3.30. The van der Waals surface area contributed by atoms with Gasteiger partial charge in [0.25, 0.3) is 11.5 Å². The smallest absolute Gasteiger partial charge is 0.271 e. The summed E-state index contributed by atoms with van der Waals surface area (Å²) in [5, 5.41) is 0.612. The van der Waals surface area contributed by atoms with Crippen LogP contribution in [-0.4, -0.2) is 44.8 Å². The van der Waals surface area contributed by atoms with Gasteiger partial charge < -0.3 is 4.90 Å². The summed E-state index contributed by atoms with van der Waals surface area (Å²) in [6.45, 7) is 1.92. The molecule has 0 aliphatic heterocycles.